The van der Waals surface area contributed by atoms with E-state index in [1.54, 1.807) is 13.0 Å². The van der Waals surface area contributed by atoms with Crippen LogP contribution in [0.25, 0.3) is 0 Å². The summed E-state index contributed by atoms with van der Waals surface area (Å²) in [5, 5.41) is 47.5. The maximum absolute atomic E-state index is 12.4. The molecule has 0 heterocycles. The van der Waals surface area contributed by atoms with Crippen molar-refractivity contribution < 1.29 is 44.7 Å². The summed E-state index contributed by atoms with van der Waals surface area (Å²) in [7, 11) is 0. The van der Waals surface area contributed by atoms with Crippen molar-refractivity contribution >= 4 is 23.5 Å². The smallest absolute Gasteiger partial charge is 0.303 e. The van der Waals surface area contributed by atoms with Crippen LogP contribution < -0.4 is 0 Å². The minimum absolute atomic E-state index is 0.0697. The lowest BCUT2D eigenvalue weighted by atomic mass is 9.45. The summed E-state index contributed by atoms with van der Waals surface area (Å²) in [6.07, 6.45) is 8.04. The van der Waals surface area contributed by atoms with Crippen LogP contribution in [-0.2, 0) is 19.2 Å². The number of unbranched alkanes of at least 4 members (excludes halogenated alkanes) is 1. The molecule has 9 heteroatoms. The summed E-state index contributed by atoms with van der Waals surface area (Å²) in [5.41, 5.74) is -1.23. The van der Waals surface area contributed by atoms with Crippen molar-refractivity contribution in [3.8, 4) is 0 Å². The van der Waals surface area contributed by atoms with E-state index in [4.69, 9.17) is 10.2 Å². The molecule has 0 saturated heterocycles. The molecule has 0 radical (unpaired) electrons. The van der Waals surface area contributed by atoms with Crippen LogP contribution in [0.4, 0.5) is 0 Å². The van der Waals surface area contributed by atoms with Gasteiger partial charge in [0.2, 0.25) is 0 Å². The highest BCUT2D eigenvalue weighted by Crippen LogP contribution is 2.67. The van der Waals surface area contributed by atoms with Crippen LogP contribution in [0.3, 0.4) is 0 Å². The van der Waals surface area contributed by atoms with Crippen molar-refractivity contribution in [2.45, 2.75) is 110 Å². The van der Waals surface area contributed by atoms with Gasteiger partial charge in [-0.1, -0.05) is 39.7 Å². The summed E-state index contributed by atoms with van der Waals surface area (Å²) in [5.74, 6) is -1.30. The first-order valence-electron chi connectivity index (χ1n) is 13.9. The SMILES string of the molecule is CCC(=O)O.CCCCC(=O)O.C[C@]12CCC(=O)C=C1CC[C@@H]1[C@@H]2[C@@H](O)C[C@@]2(C)[C@H]1CC[C@]2(O)C(=O)CO. The first kappa shape index (κ1) is 32.1. The molecule has 4 aliphatic carbocycles. The molecule has 7 atom stereocenters. The number of allylic oxidation sites excluding steroid dienone is 1. The summed E-state index contributed by atoms with van der Waals surface area (Å²) in [6.45, 7) is 7.03. The quantitative estimate of drug-likeness (QED) is 0.339. The van der Waals surface area contributed by atoms with Crippen molar-refractivity contribution in [2.24, 2.45) is 28.6 Å². The molecular formula is C29H46O9. The van der Waals surface area contributed by atoms with E-state index in [1.165, 1.54) is 5.57 Å². The summed E-state index contributed by atoms with van der Waals surface area (Å²) in [6, 6.07) is 0. The molecule has 0 aromatic rings. The van der Waals surface area contributed by atoms with E-state index in [2.05, 4.69) is 6.92 Å². The van der Waals surface area contributed by atoms with Crippen molar-refractivity contribution in [3.63, 3.8) is 0 Å². The Bertz CT molecular complexity index is 927. The van der Waals surface area contributed by atoms with E-state index in [9.17, 15) is 34.5 Å². The number of aliphatic hydroxyl groups is 3. The summed E-state index contributed by atoms with van der Waals surface area (Å²) >= 11 is 0. The molecule has 0 spiro atoms. The molecule has 0 aliphatic heterocycles. The van der Waals surface area contributed by atoms with Crippen LogP contribution in [0, 0.1) is 28.6 Å². The van der Waals surface area contributed by atoms with Gasteiger partial charge in [-0.3, -0.25) is 19.2 Å². The minimum Gasteiger partial charge on any atom is -0.481 e. The highest BCUT2D eigenvalue weighted by Gasteiger charge is 2.68. The van der Waals surface area contributed by atoms with Gasteiger partial charge in [0.1, 0.15) is 12.2 Å². The largest absolute Gasteiger partial charge is 0.481 e. The highest BCUT2D eigenvalue weighted by molar-refractivity contribution is 5.91. The van der Waals surface area contributed by atoms with Gasteiger partial charge in [0, 0.05) is 24.7 Å². The fourth-order valence-corrected chi connectivity index (χ4v) is 7.61. The number of carboxylic acid groups (broad SMARTS) is 2. The predicted octanol–water partition coefficient (Wildman–Crippen LogP) is 3.52. The van der Waals surface area contributed by atoms with Crippen molar-refractivity contribution in [2.75, 3.05) is 6.61 Å². The number of carbonyl (C=O) groups excluding carboxylic acids is 2. The molecule has 3 fully saturated rings. The van der Waals surface area contributed by atoms with Gasteiger partial charge < -0.3 is 25.5 Å². The molecule has 9 nitrogen and oxygen atoms in total. The molecule has 0 bridgehead atoms. The minimum atomic E-state index is -1.54. The second-order valence-electron chi connectivity index (χ2n) is 11.8. The van der Waals surface area contributed by atoms with E-state index >= 15 is 0 Å². The van der Waals surface area contributed by atoms with E-state index < -0.39 is 41.4 Å². The molecule has 5 N–H and O–H groups in total. The van der Waals surface area contributed by atoms with E-state index in [-0.39, 0.29) is 35.4 Å². The molecule has 0 unspecified atom stereocenters. The van der Waals surface area contributed by atoms with Gasteiger partial charge in [-0.05, 0) is 74.2 Å². The molecule has 0 aromatic carbocycles. The topological polar surface area (TPSA) is 169 Å². The molecule has 0 aromatic heterocycles. The number of hydrogen-bond donors (Lipinski definition) is 5. The Labute approximate surface area is 225 Å². The van der Waals surface area contributed by atoms with Gasteiger partial charge in [0.25, 0.3) is 0 Å². The maximum Gasteiger partial charge on any atom is 0.303 e. The van der Waals surface area contributed by atoms with Crippen LogP contribution in [0.5, 0.6) is 0 Å². The number of hydrogen-bond acceptors (Lipinski definition) is 7. The highest BCUT2D eigenvalue weighted by atomic mass is 16.4. The summed E-state index contributed by atoms with van der Waals surface area (Å²) in [4.78, 5) is 43.4. The van der Waals surface area contributed by atoms with Gasteiger partial charge in [-0.15, -0.1) is 0 Å². The molecule has 4 rings (SSSR count). The Hall–Kier alpha value is -2.10. The zero-order valence-electron chi connectivity index (χ0n) is 23.2. The molecule has 38 heavy (non-hydrogen) atoms. The average Bonchev–Trinajstić information content (AvgIpc) is 3.14. The molecule has 4 aliphatic rings. The maximum atomic E-state index is 12.4. The number of ketones is 2. The molecular weight excluding hydrogens is 492 g/mol. The first-order valence-corrected chi connectivity index (χ1v) is 13.9. The third-order valence-corrected chi connectivity index (χ3v) is 9.70. The van der Waals surface area contributed by atoms with Gasteiger partial charge in [-0.25, -0.2) is 0 Å². The number of rotatable bonds is 6. The number of fused-ring (bicyclic) bond motifs is 5. The predicted molar refractivity (Wildman–Crippen MR) is 140 cm³/mol. The third-order valence-electron chi connectivity index (χ3n) is 9.70. The van der Waals surface area contributed by atoms with Crippen LogP contribution in [-0.4, -0.2) is 67.3 Å². The Morgan fingerprint density at radius 2 is 1.66 bits per heavy atom. The number of Topliss-reactive ketones (excluding diaryl/α,β-unsaturated/α-hetero) is 1. The van der Waals surface area contributed by atoms with Gasteiger partial charge in [-0.2, -0.15) is 0 Å². The zero-order chi connectivity index (χ0) is 28.9. The van der Waals surface area contributed by atoms with E-state index in [0.717, 1.165) is 38.5 Å². The molecule has 216 valence electrons. The van der Waals surface area contributed by atoms with Gasteiger partial charge in [0.15, 0.2) is 11.6 Å². The standard InChI is InChI=1S/C21H30O5.C5H10O2.C3H6O2/c1-19-7-5-13(23)9-12(19)3-4-14-15-6-8-21(26,17(25)11-22)20(15,2)10-16(24)18(14)19;1-2-3-4-5(6)7;1-2-3(4)5/h9,14-16,18,22,24,26H,3-8,10-11H2,1-2H3;2-4H2,1H3,(H,6,7);2H2,1H3,(H,4,5)/t14-,15-,16-,18+,19-,20-,21-;;/m0../s1. The van der Waals surface area contributed by atoms with E-state index in [1.807, 2.05) is 13.8 Å². The average molecular weight is 539 g/mol. The second-order valence-corrected chi connectivity index (χ2v) is 11.8. The van der Waals surface area contributed by atoms with Crippen LogP contribution in [0.15, 0.2) is 11.6 Å². The number of carboxylic acids is 2. The van der Waals surface area contributed by atoms with Crippen molar-refractivity contribution in [1.82, 2.24) is 0 Å². The van der Waals surface area contributed by atoms with Crippen LogP contribution in [0.2, 0.25) is 0 Å². The summed E-state index contributed by atoms with van der Waals surface area (Å²) < 4.78 is 0. The fourth-order valence-electron chi connectivity index (χ4n) is 7.61. The Morgan fingerprint density at radius 1 is 1.03 bits per heavy atom. The van der Waals surface area contributed by atoms with Crippen LogP contribution in [0.1, 0.15) is 98.3 Å². The van der Waals surface area contributed by atoms with Crippen molar-refractivity contribution in [1.29, 1.82) is 0 Å². The lowest BCUT2D eigenvalue weighted by Crippen LogP contribution is -2.62. The van der Waals surface area contributed by atoms with Gasteiger partial charge >= 0.3 is 11.9 Å². The van der Waals surface area contributed by atoms with Crippen LogP contribution >= 0.6 is 0 Å². The molecule has 0 amide bonds. The third kappa shape index (κ3) is 6.20. The number of aliphatic hydroxyl groups excluding tert-OH is 2. The normalized spacial score (nSPS) is 37.1. The monoisotopic (exact) mass is 538 g/mol. The zero-order valence-corrected chi connectivity index (χ0v) is 23.2. The number of aliphatic carboxylic acids is 2. The Balaban J connectivity index is 0.000000355. The second kappa shape index (κ2) is 12.8. The first-order chi connectivity index (χ1) is 17.7. The van der Waals surface area contributed by atoms with Crippen molar-refractivity contribution in [3.05, 3.63) is 11.6 Å². The van der Waals surface area contributed by atoms with E-state index in [0.29, 0.717) is 25.7 Å². The Kier molecular flexibility index (Phi) is 10.8. The number of carbonyl (C=O) groups is 4. The Morgan fingerprint density at radius 3 is 2.16 bits per heavy atom. The lowest BCUT2D eigenvalue weighted by molar-refractivity contribution is -0.182. The van der Waals surface area contributed by atoms with Gasteiger partial charge in [0.05, 0.1) is 6.10 Å². The lowest BCUT2D eigenvalue weighted by Gasteiger charge is -2.60. The fraction of sp³-hybridized carbons (Fsp3) is 0.793. The molecule has 3 saturated carbocycles.